The summed E-state index contributed by atoms with van der Waals surface area (Å²) in [7, 11) is -2.20. The van der Waals surface area contributed by atoms with E-state index in [9.17, 15) is 8.42 Å². The summed E-state index contributed by atoms with van der Waals surface area (Å²) in [5, 5.41) is 8.58. The van der Waals surface area contributed by atoms with E-state index in [1.807, 2.05) is 0 Å². The molecule has 17 heavy (non-hydrogen) atoms. The minimum atomic E-state index is -3.53. The molecule has 0 saturated heterocycles. The molecule has 0 amide bonds. The second kappa shape index (κ2) is 5.68. The molecule has 0 heterocycles. The first-order valence-electron chi connectivity index (χ1n) is 4.90. The Morgan fingerprint density at radius 2 is 2.12 bits per heavy atom. The van der Waals surface area contributed by atoms with Crippen LogP contribution in [0.25, 0.3) is 0 Å². The molecule has 0 radical (unpaired) electrons. The van der Waals surface area contributed by atoms with Crippen LogP contribution in [0.3, 0.4) is 0 Å². The van der Waals surface area contributed by atoms with Crippen molar-refractivity contribution in [3.05, 3.63) is 29.3 Å². The van der Waals surface area contributed by atoms with Gasteiger partial charge in [0.1, 0.15) is 6.61 Å². The molecular formula is C11H14N2O3S. The maximum atomic E-state index is 11.3. The van der Waals surface area contributed by atoms with Crippen LogP contribution in [0.1, 0.15) is 11.1 Å². The maximum absolute atomic E-state index is 11.3. The van der Waals surface area contributed by atoms with Crippen molar-refractivity contribution in [2.45, 2.75) is 6.92 Å². The van der Waals surface area contributed by atoms with E-state index in [-0.39, 0.29) is 6.61 Å². The van der Waals surface area contributed by atoms with Gasteiger partial charge in [-0.2, -0.15) is 8.42 Å². The highest BCUT2D eigenvalue weighted by Gasteiger charge is 2.08. The summed E-state index contributed by atoms with van der Waals surface area (Å²) in [6.07, 6.45) is 0. The smallest absolute Gasteiger partial charge is 0.298 e. The average Bonchev–Trinajstić information content (AvgIpc) is 2.30. The van der Waals surface area contributed by atoms with Crippen LogP contribution in [-0.4, -0.2) is 27.2 Å². The molecular weight excluding hydrogens is 240 g/mol. The molecule has 92 valence electrons. The molecule has 1 rings (SSSR count). The third kappa shape index (κ3) is 4.07. The van der Waals surface area contributed by atoms with Gasteiger partial charge in [-0.05, 0) is 24.6 Å². The monoisotopic (exact) mass is 254 g/mol. The number of rotatable bonds is 3. The molecule has 0 atom stereocenters. The Hall–Kier alpha value is -1.55. The van der Waals surface area contributed by atoms with E-state index < -0.39 is 10.2 Å². The Balaban J connectivity index is 3.07. The van der Waals surface area contributed by atoms with Gasteiger partial charge in [0.05, 0.1) is 5.69 Å². The van der Waals surface area contributed by atoms with Crippen molar-refractivity contribution in [2.24, 2.45) is 0 Å². The van der Waals surface area contributed by atoms with Gasteiger partial charge in [0.25, 0.3) is 10.2 Å². The van der Waals surface area contributed by atoms with E-state index in [2.05, 4.69) is 21.3 Å². The lowest BCUT2D eigenvalue weighted by molar-refractivity contribution is 0.350. The first-order valence-corrected chi connectivity index (χ1v) is 6.38. The quantitative estimate of drug-likeness (QED) is 0.675. The lowest BCUT2D eigenvalue weighted by Gasteiger charge is -2.09. The molecule has 1 aromatic carbocycles. The third-order valence-electron chi connectivity index (χ3n) is 2.06. The van der Waals surface area contributed by atoms with E-state index in [0.29, 0.717) is 11.3 Å². The SMILES string of the molecule is CNS(=O)(=O)Nc1cc(C#CCO)ccc1C. The van der Waals surface area contributed by atoms with Crippen LogP contribution in [0, 0.1) is 18.8 Å². The van der Waals surface area contributed by atoms with Gasteiger partial charge in [0.15, 0.2) is 0 Å². The van der Waals surface area contributed by atoms with Crippen LogP contribution in [0.4, 0.5) is 5.69 Å². The normalized spacial score (nSPS) is 10.5. The van der Waals surface area contributed by atoms with Crippen molar-refractivity contribution in [3.63, 3.8) is 0 Å². The summed E-state index contributed by atoms with van der Waals surface area (Å²) in [4.78, 5) is 0. The van der Waals surface area contributed by atoms with Crippen molar-refractivity contribution in [1.82, 2.24) is 4.72 Å². The molecule has 0 unspecified atom stereocenters. The zero-order valence-corrected chi connectivity index (χ0v) is 10.4. The number of hydrogen-bond donors (Lipinski definition) is 3. The zero-order chi connectivity index (χ0) is 12.9. The van der Waals surface area contributed by atoms with Gasteiger partial charge in [-0.15, -0.1) is 0 Å². The molecule has 6 heteroatoms. The molecule has 0 fully saturated rings. The Morgan fingerprint density at radius 3 is 2.71 bits per heavy atom. The lowest BCUT2D eigenvalue weighted by Crippen LogP contribution is -2.26. The number of nitrogens with one attached hydrogen (secondary N) is 2. The summed E-state index contributed by atoms with van der Waals surface area (Å²) < 4.78 is 27.2. The van der Waals surface area contributed by atoms with Crippen LogP contribution in [0.15, 0.2) is 18.2 Å². The number of hydrogen-bond acceptors (Lipinski definition) is 3. The zero-order valence-electron chi connectivity index (χ0n) is 9.61. The highest BCUT2D eigenvalue weighted by molar-refractivity contribution is 7.90. The Morgan fingerprint density at radius 1 is 1.41 bits per heavy atom. The molecule has 0 aliphatic rings. The average molecular weight is 254 g/mol. The highest BCUT2D eigenvalue weighted by atomic mass is 32.2. The van der Waals surface area contributed by atoms with E-state index in [1.54, 1.807) is 25.1 Å². The number of benzene rings is 1. The predicted molar refractivity (Wildman–Crippen MR) is 66.7 cm³/mol. The molecule has 0 aliphatic carbocycles. The number of anilines is 1. The molecule has 5 nitrogen and oxygen atoms in total. The molecule has 0 bridgehead atoms. The summed E-state index contributed by atoms with van der Waals surface area (Å²) in [6, 6.07) is 5.14. The second-order valence-corrected chi connectivity index (χ2v) is 4.92. The Labute approximate surface area is 101 Å². The lowest BCUT2D eigenvalue weighted by atomic mass is 10.1. The van der Waals surface area contributed by atoms with Crippen LogP contribution >= 0.6 is 0 Å². The maximum Gasteiger partial charge on any atom is 0.298 e. The van der Waals surface area contributed by atoms with Gasteiger partial charge in [-0.1, -0.05) is 17.9 Å². The van der Waals surface area contributed by atoms with Gasteiger partial charge in [0.2, 0.25) is 0 Å². The van der Waals surface area contributed by atoms with Crippen LogP contribution in [0.5, 0.6) is 0 Å². The van der Waals surface area contributed by atoms with Gasteiger partial charge in [-0.25, -0.2) is 4.72 Å². The minimum Gasteiger partial charge on any atom is -0.384 e. The minimum absolute atomic E-state index is 0.231. The van der Waals surface area contributed by atoms with Gasteiger partial charge >= 0.3 is 0 Å². The fraction of sp³-hybridized carbons (Fsp3) is 0.273. The molecule has 0 aliphatic heterocycles. The van der Waals surface area contributed by atoms with Crippen LogP contribution in [-0.2, 0) is 10.2 Å². The topological polar surface area (TPSA) is 78.4 Å². The van der Waals surface area contributed by atoms with Crippen molar-refractivity contribution in [2.75, 3.05) is 18.4 Å². The van der Waals surface area contributed by atoms with E-state index >= 15 is 0 Å². The Kier molecular flexibility index (Phi) is 4.52. The van der Waals surface area contributed by atoms with Crippen molar-refractivity contribution in [1.29, 1.82) is 0 Å². The van der Waals surface area contributed by atoms with Gasteiger partial charge in [0, 0.05) is 12.6 Å². The largest absolute Gasteiger partial charge is 0.384 e. The van der Waals surface area contributed by atoms with Gasteiger partial charge < -0.3 is 5.11 Å². The van der Waals surface area contributed by atoms with E-state index in [4.69, 9.17) is 5.11 Å². The first kappa shape index (κ1) is 13.5. The molecule has 0 spiro atoms. The van der Waals surface area contributed by atoms with E-state index in [1.165, 1.54) is 7.05 Å². The highest BCUT2D eigenvalue weighted by Crippen LogP contribution is 2.17. The van der Waals surface area contributed by atoms with Crippen molar-refractivity contribution < 1.29 is 13.5 Å². The number of aliphatic hydroxyl groups is 1. The van der Waals surface area contributed by atoms with E-state index in [0.717, 1.165) is 5.56 Å². The predicted octanol–water partition coefficient (Wildman–Crippen LogP) is 0.215. The number of aliphatic hydroxyl groups excluding tert-OH is 1. The summed E-state index contributed by atoms with van der Waals surface area (Å²) in [5.74, 6) is 5.21. The fourth-order valence-corrected chi connectivity index (χ4v) is 1.76. The second-order valence-electron chi connectivity index (χ2n) is 3.30. The third-order valence-corrected chi connectivity index (χ3v) is 3.09. The Bertz CT molecular complexity index is 556. The number of aryl methyl sites for hydroxylation is 1. The summed E-state index contributed by atoms with van der Waals surface area (Å²) in [6.45, 7) is 1.56. The van der Waals surface area contributed by atoms with Crippen molar-refractivity contribution >= 4 is 15.9 Å². The summed E-state index contributed by atoms with van der Waals surface area (Å²) >= 11 is 0. The van der Waals surface area contributed by atoms with Crippen molar-refractivity contribution in [3.8, 4) is 11.8 Å². The fourth-order valence-electron chi connectivity index (χ4n) is 1.15. The molecule has 0 saturated carbocycles. The first-order chi connectivity index (χ1) is 7.98. The van der Waals surface area contributed by atoms with Crippen LogP contribution < -0.4 is 9.44 Å². The molecule has 0 aromatic heterocycles. The summed E-state index contributed by atoms with van der Waals surface area (Å²) in [5.41, 5.74) is 1.89. The molecule has 1 aromatic rings. The van der Waals surface area contributed by atoms with Crippen LogP contribution in [0.2, 0.25) is 0 Å². The van der Waals surface area contributed by atoms with Gasteiger partial charge in [-0.3, -0.25) is 4.72 Å². The standard InChI is InChI=1S/C11H14N2O3S/c1-9-5-6-10(4-3-7-14)8-11(9)13-17(15,16)12-2/h5-6,8,12-14H,7H2,1-2H3. The molecule has 3 N–H and O–H groups in total.